The van der Waals surface area contributed by atoms with E-state index in [0.29, 0.717) is 22.8 Å². The Kier molecular flexibility index (Phi) is 11.6. The number of nitrogens with zero attached hydrogens (tertiary/aromatic N) is 2. The van der Waals surface area contributed by atoms with Gasteiger partial charge in [0.2, 0.25) is 11.8 Å². The van der Waals surface area contributed by atoms with E-state index >= 15 is 0 Å². The van der Waals surface area contributed by atoms with Gasteiger partial charge in [-0.2, -0.15) is 0 Å². The number of benzene rings is 4. The molecule has 1 atom stereocenters. The first kappa shape index (κ1) is 32.8. The van der Waals surface area contributed by atoms with Crippen molar-refractivity contribution >= 4 is 39.1 Å². The molecule has 0 unspecified atom stereocenters. The summed E-state index contributed by atoms with van der Waals surface area (Å²) < 4.78 is 29.2. The molecule has 0 saturated heterocycles. The Hall–Kier alpha value is -4.14. The van der Waals surface area contributed by atoms with Gasteiger partial charge in [-0.15, -0.1) is 0 Å². The number of halogens is 1. The quantitative estimate of drug-likeness (QED) is 0.163. The number of aryl methyl sites for hydroxylation is 1. The molecule has 0 saturated carbocycles. The molecule has 230 valence electrons. The fourth-order valence-electron chi connectivity index (χ4n) is 4.90. The zero-order chi connectivity index (χ0) is 31.5. The molecule has 9 heteroatoms. The molecular weight excluding hydrogens is 594 g/mol. The molecule has 44 heavy (non-hydrogen) atoms. The van der Waals surface area contributed by atoms with E-state index in [9.17, 15) is 18.0 Å². The lowest BCUT2D eigenvalue weighted by Crippen LogP contribution is -2.53. The topological polar surface area (TPSA) is 86.8 Å². The summed E-state index contributed by atoms with van der Waals surface area (Å²) in [7, 11) is -4.14. The molecule has 0 aromatic heterocycles. The van der Waals surface area contributed by atoms with E-state index in [1.54, 1.807) is 54.6 Å². The SMILES string of the molecule is CCCCNC(=O)[C@H](Cc1ccccc1)N(Cc1ccccc1Cl)C(=O)CN(c1cccc(C)c1)S(=O)(=O)c1ccccc1. The molecule has 7 nitrogen and oxygen atoms in total. The second-order valence-corrected chi connectivity index (χ2v) is 12.9. The van der Waals surface area contributed by atoms with Crippen molar-refractivity contribution in [2.24, 2.45) is 0 Å². The Morgan fingerprint density at radius 1 is 0.864 bits per heavy atom. The molecule has 4 aromatic carbocycles. The normalized spacial score (nSPS) is 11.9. The average molecular weight is 632 g/mol. The van der Waals surface area contributed by atoms with Crippen molar-refractivity contribution < 1.29 is 18.0 Å². The zero-order valence-electron chi connectivity index (χ0n) is 25.0. The van der Waals surface area contributed by atoms with Crippen molar-refractivity contribution in [3.05, 3.63) is 131 Å². The number of anilines is 1. The van der Waals surface area contributed by atoms with Gasteiger partial charge in [0, 0.05) is 24.5 Å². The van der Waals surface area contributed by atoms with Gasteiger partial charge in [-0.25, -0.2) is 8.42 Å². The third-order valence-corrected chi connectivity index (χ3v) is 9.46. The number of carbonyl (C=O) groups excluding carboxylic acids is 2. The largest absolute Gasteiger partial charge is 0.354 e. The molecule has 0 fully saturated rings. The molecule has 4 aromatic rings. The predicted octanol–water partition coefficient (Wildman–Crippen LogP) is 6.40. The summed E-state index contributed by atoms with van der Waals surface area (Å²) in [6.07, 6.45) is 1.93. The van der Waals surface area contributed by atoms with Crippen molar-refractivity contribution in [2.75, 3.05) is 17.4 Å². The summed E-state index contributed by atoms with van der Waals surface area (Å²) >= 11 is 6.55. The van der Waals surface area contributed by atoms with Crippen molar-refractivity contribution in [2.45, 2.75) is 50.6 Å². The van der Waals surface area contributed by atoms with E-state index in [4.69, 9.17) is 11.6 Å². The van der Waals surface area contributed by atoms with Gasteiger partial charge in [-0.1, -0.05) is 104 Å². The number of nitrogens with one attached hydrogen (secondary N) is 1. The molecule has 0 bridgehead atoms. The van der Waals surface area contributed by atoms with Gasteiger partial charge in [0.25, 0.3) is 10.0 Å². The molecule has 0 radical (unpaired) electrons. The summed E-state index contributed by atoms with van der Waals surface area (Å²) in [6.45, 7) is 3.86. The second kappa shape index (κ2) is 15.5. The van der Waals surface area contributed by atoms with Crippen LogP contribution in [-0.2, 0) is 32.6 Å². The Labute approximate surface area is 265 Å². The Morgan fingerprint density at radius 2 is 1.52 bits per heavy atom. The van der Waals surface area contributed by atoms with Crippen LogP contribution in [0.25, 0.3) is 0 Å². The van der Waals surface area contributed by atoms with Crippen LogP contribution in [0.4, 0.5) is 5.69 Å². The minimum Gasteiger partial charge on any atom is -0.354 e. The van der Waals surface area contributed by atoms with Crippen LogP contribution < -0.4 is 9.62 Å². The molecule has 1 N–H and O–H groups in total. The van der Waals surface area contributed by atoms with E-state index in [-0.39, 0.29) is 23.8 Å². The van der Waals surface area contributed by atoms with Crippen LogP contribution in [0, 0.1) is 6.92 Å². The third-order valence-electron chi connectivity index (χ3n) is 7.30. The van der Waals surface area contributed by atoms with E-state index in [0.717, 1.165) is 28.3 Å². The molecule has 0 aliphatic heterocycles. The fourth-order valence-corrected chi connectivity index (χ4v) is 6.52. The number of sulfonamides is 1. The predicted molar refractivity (Wildman–Crippen MR) is 176 cm³/mol. The van der Waals surface area contributed by atoms with Crippen molar-refractivity contribution in [1.82, 2.24) is 10.2 Å². The van der Waals surface area contributed by atoms with Crippen LogP contribution in [0.1, 0.15) is 36.5 Å². The molecule has 2 amide bonds. The molecule has 0 aliphatic carbocycles. The Bertz CT molecular complexity index is 1650. The summed E-state index contributed by atoms with van der Waals surface area (Å²) in [6, 6.07) is 30.7. The van der Waals surface area contributed by atoms with Gasteiger partial charge < -0.3 is 10.2 Å². The molecular formula is C35H38ClN3O4S. The smallest absolute Gasteiger partial charge is 0.264 e. The highest BCUT2D eigenvalue weighted by Crippen LogP contribution is 2.26. The van der Waals surface area contributed by atoms with Crippen LogP contribution in [0.3, 0.4) is 0 Å². The van der Waals surface area contributed by atoms with Crippen LogP contribution in [-0.4, -0.2) is 44.3 Å². The second-order valence-electron chi connectivity index (χ2n) is 10.6. The lowest BCUT2D eigenvalue weighted by atomic mass is 10.0. The highest BCUT2D eigenvalue weighted by atomic mass is 35.5. The molecule has 0 heterocycles. The third kappa shape index (κ3) is 8.49. The van der Waals surface area contributed by atoms with Gasteiger partial charge in [-0.3, -0.25) is 13.9 Å². The first-order valence-electron chi connectivity index (χ1n) is 14.7. The minimum atomic E-state index is -4.14. The van der Waals surface area contributed by atoms with Gasteiger partial charge in [-0.05, 0) is 60.4 Å². The Balaban J connectivity index is 1.79. The summed E-state index contributed by atoms with van der Waals surface area (Å²) in [5, 5.41) is 3.44. The van der Waals surface area contributed by atoms with E-state index in [1.807, 2.05) is 56.3 Å². The maximum absolute atomic E-state index is 14.5. The van der Waals surface area contributed by atoms with Crippen LogP contribution in [0.5, 0.6) is 0 Å². The number of hydrogen-bond acceptors (Lipinski definition) is 4. The van der Waals surface area contributed by atoms with Gasteiger partial charge in [0.05, 0.1) is 10.6 Å². The van der Waals surface area contributed by atoms with Crippen molar-refractivity contribution in [1.29, 1.82) is 0 Å². The molecule has 0 aliphatic rings. The lowest BCUT2D eigenvalue weighted by molar-refractivity contribution is -0.140. The highest BCUT2D eigenvalue weighted by molar-refractivity contribution is 7.92. The maximum atomic E-state index is 14.5. The van der Waals surface area contributed by atoms with Crippen molar-refractivity contribution in [3.8, 4) is 0 Å². The monoisotopic (exact) mass is 631 g/mol. The van der Waals surface area contributed by atoms with Gasteiger partial charge in [0.1, 0.15) is 12.6 Å². The van der Waals surface area contributed by atoms with Crippen LogP contribution in [0.2, 0.25) is 5.02 Å². The number of hydrogen-bond donors (Lipinski definition) is 1. The number of amides is 2. The zero-order valence-corrected chi connectivity index (χ0v) is 26.6. The standard InChI is InChI=1S/C35H38ClN3O4S/c1-3-4-22-37-35(41)33(24-28-15-7-5-8-16-28)38(25-29-17-11-12-21-32(29)36)34(40)26-39(30-18-13-14-27(2)23-30)44(42,43)31-19-9-6-10-20-31/h5-21,23,33H,3-4,22,24-26H2,1-2H3,(H,37,41)/t33-/m0/s1. The number of rotatable bonds is 14. The molecule has 0 spiro atoms. The minimum absolute atomic E-state index is 0.0181. The van der Waals surface area contributed by atoms with E-state index in [2.05, 4.69) is 5.32 Å². The van der Waals surface area contributed by atoms with E-state index < -0.39 is 28.5 Å². The summed E-state index contributed by atoms with van der Waals surface area (Å²) in [4.78, 5) is 29.8. The van der Waals surface area contributed by atoms with Crippen molar-refractivity contribution in [3.63, 3.8) is 0 Å². The van der Waals surface area contributed by atoms with Gasteiger partial charge >= 0.3 is 0 Å². The van der Waals surface area contributed by atoms with Gasteiger partial charge in [0.15, 0.2) is 0 Å². The van der Waals surface area contributed by atoms with Crippen LogP contribution >= 0.6 is 11.6 Å². The summed E-state index contributed by atoms with van der Waals surface area (Å²) in [5.74, 6) is -0.840. The number of unbranched alkanes of at least 4 members (excludes halogenated alkanes) is 1. The summed E-state index contributed by atoms with van der Waals surface area (Å²) in [5.41, 5.74) is 2.71. The molecule has 4 rings (SSSR count). The number of carbonyl (C=O) groups is 2. The lowest BCUT2D eigenvalue weighted by Gasteiger charge is -2.34. The van der Waals surface area contributed by atoms with Crippen LogP contribution in [0.15, 0.2) is 114 Å². The van der Waals surface area contributed by atoms with E-state index in [1.165, 1.54) is 17.0 Å². The Morgan fingerprint density at radius 3 is 2.18 bits per heavy atom. The first-order valence-corrected chi connectivity index (χ1v) is 16.5. The fraction of sp³-hybridized carbons (Fsp3) is 0.257. The maximum Gasteiger partial charge on any atom is 0.264 e. The highest BCUT2D eigenvalue weighted by Gasteiger charge is 2.34. The first-order chi connectivity index (χ1) is 21.2. The average Bonchev–Trinajstić information content (AvgIpc) is 3.03.